The zero-order valence-corrected chi connectivity index (χ0v) is 18.0. The van der Waals surface area contributed by atoms with Crippen LogP contribution in [0.4, 0.5) is 5.69 Å². The molecule has 0 aliphatic carbocycles. The molecular weight excluding hydrogens is 424 g/mol. The molecule has 0 saturated carbocycles. The van der Waals surface area contributed by atoms with Crippen molar-refractivity contribution < 1.29 is 14.3 Å². The number of benzene rings is 2. The third kappa shape index (κ3) is 3.93. The lowest BCUT2D eigenvalue weighted by atomic mass is 10.1. The number of thioether (sulfide) groups is 1. The highest BCUT2D eigenvalue weighted by molar-refractivity contribution is 7.99. The van der Waals surface area contributed by atoms with Gasteiger partial charge in [0.2, 0.25) is 0 Å². The van der Waals surface area contributed by atoms with E-state index in [0.717, 1.165) is 0 Å². The second-order valence-corrected chi connectivity index (χ2v) is 8.19. The Morgan fingerprint density at radius 3 is 2.70 bits per heavy atom. The molecule has 0 radical (unpaired) electrons. The van der Waals surface area contributed by atoms with Crippen LogP contribution in [0.3, 0.4) is 0 Å². The summed E-state index contributed by atoms with van der Waals surface area (Å²) in [4.78, 5) is 26.7. The highest BCUT2D eigenvalue weighted by Gasteiger charge is 2.32. The van der Waals surface area contributed by atoms with E-state index in [1.54, 1.807) is 29.2 Å². The minimum Gasteiger partial charge on any atom is -0.482 e. The van der Waals surface area contributed by atoms with E-state index in [0.29, 0.717) is 33.0 Å². The SMILES string of the molecule is CC(c1nnc(SCC(=O)c2ccc(Cl)cc2)n1C)N1C(=O)COc2ccccc21. The van der Waals surface area contributed by atoms with Gasteiger partial charge >= 0.3 is 0 Å². The van der Waals surface area contributed by atoms with Crippen molar-refractivity contribution in [2.45, 2.75) is 18.1 Å². The Balaban J connectivity index is 1.51. The fourth-order valence-corrected chi connectivity index (χ4v) is 4.27. The summed E-state index contributed by atoms with van der Waals surface area (Å²) in [5.41, 5.74) is 1.30. The Morgan fingerprint density at radius 1 is 1.20 bits per heavy atom. The molecule has 2 heterocycles. The molecule has 30 heavy (non-hydrogen) atoms. The van der Waals surface area contributed by atoms with Crippen LogP contribution in [0.5, 0.6) is 5.75 Å². The van der Waals surface area contributed by atoms with Gasteiger partial charge in [0.1, 0.15) is 5.75 Å². The maximum absolute atomic E-state index is 12.6. The van der Waals surface area contributed by atoms with Crippen molar-refractivity contribution in [2.75, 3.05) is 17.3 Å². The molecule has 154 valence electrons. The van der Waals surface area contributed by atoms with E-state index >= 15 is 0 Å². The van der Waals surface area contributed by atoms with E-state index in [2.05, 4.69) is 10.2 Å². The number of anilines is 1. The van der Waals surface area contributed by atoms with Gasteiger partial charge in [-0.3, -0.25) is 14.5 Å². The summed E-state index contributed by atoms with van der Waals surface area (Å²) in [7, 11) is 1.83. The van der Waals surface area contributed by atoms with Gasteiger partial charge in [0.15, 0.2) is 23.4 Å². The average molecular weight is 443 g/mol. The van der Waals surface area contributed by atoms with Crippen LogP contribution in [-0.4, -0.2) is 38.8 Å². The number of aromatic nitrogens is 3. The number of carbonyl (C=O) groups is 2. The molecule has 0 saturated heterocycles. The van der Waals surface area contributed by atoms with Crippen LogP contribution in [0, 0.1) is 0 Å². The normalized spacial score (nSPS) is 14.2. The highest BCUT2D eigenvalue weighted by atomic mass is 35.5. The lowest BCUT2D eigenvalue weighted by molar-refractivity contribution is -0.121. The highest BCUT2D eigenvalue weighted by Crippen LogP contribution is 2.37. The average Bonchev–Trinajstić information content (AvgIpc) is 3.12. The fraction of sp³-hybridized carbons (Fsp3) is 0.238. The predicted octanol–water partition coefficient (Wildman–Crippen LogP) is 3.93. The Hall–Kier alpha value is -2.84. The van der Waals surface area contributed by atoms with Crippen LogP contribution in [0.2, 0.25) is 5.02 Å². The van der Waals surface area contributed by atoms with Gasteiger partial charge in [-0.2, -0.15) is 0 Å². The molecule has 1 aromatic heterocycles. The van der Waals surface area contributed by atoms with Gasteiger partial charge in [-0.05, 0) is 43.3 Å². The topological polar surface area (TPSA) is 77.3 Å². The minimum atomic E-state index is -0.346. The third-order valence-corrected chi connectivity index (χ3v) is 6.14. The number of ketones is 1. The zero-order valence-electron chi connectivity index (χ0n) is 16.4. The summed E-state index contributed by atoms with van der Waals surface area (Å²) in [6.45, 7) is 1.88. The van der Waals surface area contributed by atoms with E-state index in [1.165, 1.54) is 11.8 Å². The Morgan fingerprint density at radius 2 is 1.93 bits per heavy atom. The van der Waals surface area contributed by atoms with Crippen LogP contribution in [0.1, 0.15) is 29.1 Å². The molecule has 3 aromatic rings. The third-order valence-electron chi connectivity index (χ3n) is 4.87. The van der Waals surface area contributed by atoms with Gasteiger partial charge in [0.25, 0.3) is 5.91 Å². The Labute approximate surface area is 183 Å². The van der Waals surface area contributed by atoms with E-state index in [1.807, 2.05) is 42.8 Å². The molecule has 1 aliphatic heterocycles. The molecule has 9 heteroatoms. The smallest absolute Gasteiger partial charge is 0.265 e. The molecule has 0 fully saturated rings. The minimum absolute atomic E-state index is 0.0175. The number of para-hydroxylation sites is 2. The summed E-state index contributed by atoms with van der Waals surface area (Å²) in [6.07, 6.45) is 0. The summed E-state index contributed by atoms with van der Waals surface area (Å²) in [6, 6.07) is 13.9. The van der Waals surface area contributed by atoms with Crippen molar-refractivity contribution >= 4 is 40.7 Å². The quantitative estimate of drug-likeness (QED) is 0.425. The summed E-state index contributed by atoms with van der Waals surface area (Å²) in [5.74, 6) is 1.35. The molecule has 0 spiro atoms. The maximum atomic E-state index is 12.6. The molecule has 0 N–H and O–H groups in total. The lowest BCUT2D eigenvalue weighted by Gasteiger charge is -2.33. The maximum Gasteiger partial charge on any atom is 0.265 e. The van der Waals surface area contributed by atoms with E-state index < -0.39 is 0 Å². The van der Waals surface area contributed by atoms with Crippen molar-refractivity contribution in [1.29, 1.82) is 0 Å². The number of Topliss-reactive ketones (excluding diaryl/α,β-unsaturated/α-hetero) is 1. The van der Waals surface area contributed by atoms with Gasteiger partial charge in [-0.15, -0.1) is 10.2 Å². The number of fused-ring (bicyclic) bond motifs is 1. The first-order chi connectivity index (χ1) is 14.5. The molecule has 1 unspecified atom stereocenters. The second-order valence-electron chi connectivity index (χ2n) is 6.81. The molecule has 1 aliphatic rings. The standard InChI is InChI=1S/C21H19ClN4O3S/c1-13(26-16-5-3-4-6-18(16)29-11-19(26)28)20-23-24-21(25(20)2)30-12-17(27)14-7-9-15(22)10-8-14/h3-10,13H,11-12H2,1-2H3. The molecule has 0 bridgehead atoms. The van der Waals surface area contributed by atoms with Crippen LogP contribution in [-0.2, 0) is 11.8 Å². The van der Waals surface area contributed by atoms with Crippen molar-refractivity contribution in [3.05, 3.63) is 64.9 Å². The summed E-state index contributed by atoms with van der Waals surface area (Å²) >= 11 is 7.18. The number of amides is 1. The number of ether oxygens (including phenoxy) is 1. The predicted molar refractivity (Wildman–Crippen MR) is 115 cm³/mol. The Bertz CT molecular complexity index is 1100. The van der Waals surface area contributed by atoms with Gasteiger partial charge < -0.3 is 9.30 Å². The number of halogens is 1. The largest absolute Gasteiger partial charge is 0.482 e. The van der Waals surface area contributed by atoms with Gasteiger partial charge in [-0.1, -0.05) is 35.5 Å². The number of nitrogens with zero attached hydrogens (tertiary/aromatic N) is 4. The van der Waals surface area contributed by atoms with Gasteiger partial charge in [0.05, 0.1) is 17.5 Å². The number of carbonyl (C=O) groups excluding carboxylic acids is 2. The van der Waals surface area contributed by atoms with E-state index in [-0.39, 0.29) is 30.1 Å². The molecule has 7 nitrogen and oxygen atoms in total. The lowest BCUT2D eigenvalue weighted by Crippen LogP contribution is -2.41. The van der Waals surface area contributed by atoms with E-state index in [9.17, 15) is 9.59 Å². The molecule has 4 rings (SSSR count). The number of hydrogen-bond acceptors (Lipinski definition) is 6. The van der Waals surface area contributed by atoms with Crippen LogP contribution in [0.25, 0.3) is 0 Å². The fourth-order valence-electron chi connectivity index (χ4n) is 3.33. The van der Waals surface area contributed by atoms with E-state index in [4.69, 9.17) is 16.3 Å². The van der Waals surface area contributed by atoms with Crippen LogP contribution < -0.4 is 9.64 Å². The molecule has 1 amide bonds. The number of hydrogen-bond donors (Lipinski definition) is 0. The van der Waals surface area contributed by atoms with Crippen molar-refractivity contribution in [3.63, 3.8) is 0 Å². The first-order valence-corrected chi connectivity index (χ1v) is 10.7. The second kappa shape index (κ2) is 8.49. The summed E-state index contributed by atoms with van der Waals surface area (Å²) in [5, 5.41) is 9.71. The van der Waals surface area contributed by atoms with Gasteiger partial charge in [-0.25, -0.2) is 0 Å². The van der Waals surface area contributed by atoms with Gasteiger partial charge in [0, 0.05) is 17.6 Å². The first kappa shape index (κ1) is 20.4. The van der Waals surface area contributed by atoms with Crippen molar-refractivity contribution in [2.24, 2.45) is 7.05 Å². The first-order valence-electron chi connectivity index (χ1n) is 9.30. The Kier molecular flexibility index (Phi) is 5.78. The van der Waals surface area contributed by atoms with Crippen LogP contribution in [0.15, 0.2) is 53.7 Å². The zero-order chi connectivity index (χ0) is 21.3. The molecular formula is C21H19ClN4O3S. The number of rotatable bonds is 6. The molecule has 2 aromatic carbocycles. The monoisotopic (exact) mass is 442 g/mol. The molecule has 1 atom stereocenters. The van der Waals surface area contributed by atoms with Crippen molar-refractivity contribution in [1.82, 2.24) is 14.8 Å². The summed E-state index contributed by atoms with van der Waals surface area (Å²) < 4.78 is 7.33. The van der Waals surface area contributed by atoms with Crippen molar-refractivity contribution in [3.8, 4) is 5.75 Å². The van der Waals surface area contributed by atoms with Crippen LogP contribution >= 0.6 is 23.4 Å².